The number of rotatable bonds is 3. The summed E-state index contributed by atoms with van der Waals surface area (Å²) in [5, 5.41) is 11.7. The zero-order valence-corrected chi connectivity index (χ0v) is 16.8. The lowest BCUT2D eigenvalue weighted by Crippen LogP contribution is -2.35. The number of nitrogens with one attached hydrogen (secondary N) is 2. The van der Waals surface area contributed by atoms with Gasteiger partial charge < -0.3 is 15.4 Å². The molecule has 2 aromatic carbocycles. The second-order valence-electron chi connectivity index (χ2n) is 7.63. The van der Waals surface area contributed by atoms with Gasteiger partial charge in [-0.2, -0.15) is 0 Å². The summed E-state index contributed by atoms with van der Waals surface area (Å²) in [7, 11) is 0. The molecule has 0 aliphatic heterocycles. The highest BCUT2D eigenvalue weighted by Gasteiger charge is 2.32. The molecule has 2 atom stereocenters. The van der Waals surface area contributed by atoms with Crippen LogP contribution in [0.3, 0.4) is 0 Å². The number of carbonyl (C=O) groups is 1. The van der Waals surface area contributed by atoms with E-state index in [-0.39, 0.29) is 12.0 Å². The lowest BCUT2D eigenvalue weighted by Gasteiger charge is -2.17. The Balaban J connectivity index is 1.42. The quantitative estimate of drug-likeness (QED) is 0.406. The van der Waals surface area contributed by atoms with E-state index in [0.717, 1.165) is 47.2 Å². The molecule has 5 rings (SSSR count). The number of nitrogens with zero attached hydrogens (tertiary/aromatic N) is 1. The van der Waals surface area contributed by atoms with Crippen LogP contribution in [-0.4, -0.2) is 27.2 Å². The molecule has 28 heavy (non-hydrogen) atoms. The van der Waals surface area contributed by atoms with Crippen LogP contribution in [0.1, 0.15) is 42.1 Å². The number of imidazole rings is 1. The fourth-order valence-corrected chi connectivity index (χ4v) is 5.05. The number of carboxylic acid groups (broad SMARTS) is 1. The van der Waals surface area contributed by atoms with Crippen molar-refractivity contribution in [3.8, 4) is 22.4 Å². The highest BCUT2D eigenvalue weighted by molar-refractivity contribution is 9.10. The molecule has 6 heteroatoms. The molecule has 0 unspecified atom stereocenters. The number of benzene rings is 2. The smallest absolute Gasteiger partial charge is 0.404 e. The van der Waals surface area contributed by atoms with Gasteiger partial charge in [0.25, 0.3) is 0 Å². The molecule has 0 saturated heterocycles. The molecule has 3 aromatic rings. The van der Waals surface area contributed by atoms with Crippen LogP contribution in [0.5, 0.6) is 0 Å². The normalized spacial score (nSPS) is 20.0. The maximum atomic E-state index is 11.0. The molecule has 1 heterocycles. The van der Waals surface area contributed by atoms with Crippen LogP contribution in [0.2, 0.25) is 0 Å². The van der Waals surface area contributed by atoms with Gasteiger partial charge in [0.15, 0.2) is 0 Å². The van der Waals surface area contributed by atoms with Gasteiger partial charge in [0.1, 0.15) is 5.82 Å². The number of halogens is 1. The Bertz CT molecular complexity index is 1080. The average molecular weight is 438 g/mol. The van der Waals surface area contributed by atoms with Crippen LogP contribution in [0.15, 0.2) is 47.1 Å². The molecule has 1 amide bonds. The SMILES string of the molecule is O=C(O)N[C@H]1CCC[C@@H]1c1ncc(-c2ccc3c(c2)Cc2cc(Br)ccc2-3)[nH]1. The first kappa shape index (κ1) is 17.5. The standard InChI is InChI=1S/C22H20BrN3O2/c23-15-5-7-17-14(10-15)9-13-8-12(4-6-16(13)17)20-11-24-21(25-20)18-2-1-3-19(18)26-22(27)28/h4-8,10-11,18-19,26H,1-3,9H2,(H,24,25)(H,27,28)/t18-,19-/m0/s1. The van der Waals surface area contributed by atoms with Gasteiger partial charge in [-0.15, -0.1) is 0 Å². The van der Waals surface area contributed by atoms with Crippen molar-refractivity contribution in [2.24, 2.45) is 0 Å². The predicted molar refractivity (Wildman–Crippen MR) is 112 cm³/mol. The van der Waals surface area contributed by atoms with Crippen molar-refractivity contribution in [3.63, 3.8) is 0 Å². The first-order chi connectivity index (χ1) is 13.6. The van der Waals surface area contributed by atoms with E-state index in [0.29, 0.717) is 0 Å². The number of hydrogen-bond acceptors (Lipinski definition) is 2. The van der Waals surface area contributed by atoms with E-state index in [4.69, 9.17) is 5.11 Å². The zero-order valence-electron chi connectivity index (χ0n) is 15.2. The van der Waals surface area contributed by atoms with E-state index >= 15 is 0 Å². The molecule has 1 fully saturated rings. The Morgan fingerprint density at radius 1 is 1.14 bits per heavy atom. The van der Waals surface area contributed by atoms with Crippen molar-refractivity contribution in [3.05, 3.63) is 64.0 Å². The Hall–Kier alpha value is -2.60. The monoisotopic (exact) mass is 437 g/mol. The van der Waals surface area contributed by atoms with E-state index in [2.05, 4.69) is 67.6 Å². The minimum Gasteiger partial charge on any atom is -0.465 e. The molecule has 0 radical (unpaired) electrons. The number of aromatic nitrogens is 2. The van der Waals surface area contributed by atoms with Crippen LogP contribution in [0, 0.1) is 0 Å². The number of hydrogen-bond donors (Lipinski definition) is 3. The Morgan fingerprint density at radius 3 is 2.75 bits per heavy atom. The minimum atomic E-state index is -0.964. The minimum absolute atomic E-state index is 0.0653. The summed E-state index contributed by atoms with van der Waals surface area (Å²) < 4.78 is 1.11. The summed E-state index contributed by atoms with van der Waals surface area (Å²) in [5.74, 6) is 0.986. The topological polar surface area (TPSA) is 78.0 Å². The molecule has 2 aliphatic carbocycles. The fraction of sp³-hybridized carbons (Fsp3) is 0.273. The average Bonchev–Trinajstić information content (AvgIpc) is 3.37. The number of fused-ring (bicyclic) bond motifs is 3. The molecule has 0 bridgehead atoms. The second kappa shape index (κ2) is 6.78. The first-order valence-electron chi connectivity index (χ1n) is 9.55. The van der Waals surface area contributed by atoms with Gasteiger partial charge >= 0.3 is 6.09 Å². The number of amides is 1. The third-order valence-corrected chi connectivity index (χ3v) is 6.42. The zero-order chi connectivity index (χ0) is 19.3. The van der Waals surface area contributed by atoms with Crippen LogP contribution in [0.25, 0.3) is 22.4 Å². The summed E-state index contributed by atoms with van der Waals surface area (Å²) in [6.45, 7) is 0. The molecule has 3 N–H and O–H groups in total. The van der Waals surface area contributed by atoms with Crippen LogP contribution >= 0.6 is 15.9 Å². The van der Waals surface area contributed by atoms with E-state index in [1.54, 1.807) is 0 Å². The van der Waals surface area contributed by atoms with Gasteiger partial charge in [0.2, 0.25) is 0 Å². The van der Waals surface area contributed by atoms with Crippen LogP contribution in [-0.2, 0) is 6.42 Å². The molecule has 5 nitrogen and oxygen atoms in total. The molecular weight excluding hydrogens is 418 g/mol. The number of aromatic amines is 1. The maximum absolute atomic E-state index is 11.0. The van der Waals surface area contributed by atoms with Gasteiger partial charge in [-0.3, -0.25) is 0 Å². The van der Waals surface area contributed by atoms with Crippen molar-refractivity contribution < 1.29 is 9.90 Å². The predicted octanol–water partition coefficient (Wildman–Crippen LogP) is 5.31. The van der Waals surface area contributed by atoms with Gasteiger partial charge in [0.05, 0.1) is 11.9 Å². The largest absolute Gasteiger partial charge is 0.465 e. The Kier molecular flexibility index (Phi) is 4.23. The van der Waals surface area contributed by atoms with Gasteiger partial charge in [-0.05, 0) is 65.3 Å². The fourth-order valence-electron chi connectivity index (χ4n) is 4.64. The Labute approximate surface area is 171 Å². The van der Waals surface area contributed by atoms with Crippen molar-refractivity contribution in [2.45, 2.75) is 37.6 Å². The van der Waals surface area contributed by atoms with E-state index in [1.165, 1.54) is 22.3 Å². The third-order valence-electron chi connectivity index (χ3n) is 5.93. The maximum Gasteiger partial charge on any atom is 0.404 e. The highest BCUT2D eigenvalue weighted by atomic mass is 79.9. The molecular formula is C22H20BrN3O2. The number of H-pyrrole nitrogens is 1. The molecule has 1 aromatic heterocycles. The lowest BCUT2D eigenvalue weighted by molar-refractivity contribution is 0.188. The summed E-state index contributed by atoms with van der Waals surface area (Å²) >= 11 is 3.56. The first-order valence-corrected chi connectivity index (χ1v) is 10.3. The molecule has 2 aliphatic rings. The molecule has 142 valence electrons. The Morgan fingerprint density at radius 2 is 1.93 bits per heavy atom. The van der Waals surface area contributed by atoms with E-state index in [1.807, 2.05) is 6.20 Å². The van der Waals surface area contributed by atoms with Crippen LogP contribution < -0.4 is 5.32 Å². The summed E-state index contributed by atoms with van der Waals surface area (Å²) in [6.07, 6.45) is 4.66. The van der Waals surface area contributed by atoms with Gasteiger partial charge in [-0.1, -0.05) is 40.5 Å². The van der Waals surface area contributed by atoms with E-state index < -0.39 is 6.09 Å². The molecule has 0 spiro atoms. The molecule has 1 saturated carbocycles. The summed E-state index contributed by atoms with van der Waals surface area (Å²) in [4.78, 5) is 19.1. The summed E-state index contributed by atoms with van der Waals surface area (Å²) in [5.41, 5.74) is 7.38. The van der Waals surface area contributed by atoms with Gasteiger partial charge in [0, 0.05) is 16.4 Å². The van der Waals surface area contributed by atoms with Crippen molar-refractivity contribution in [1.82, 2.24) is 15.3 Å². The van der Waals surface area contributed by atoms with Gasteiger partial charge in [-0.25, -0.2) is 9.78 Å². The van der Waals surface area contributed by atoms with Crippen molar-refractivity contribution >= 4 is 22.0 Å². The van der Waals surface area contributed by atoms with Crippen molar-refractivity contribution in [2.75, 3.05) is 0 Å². The van der Waals surface area contributed by atoms with E-state index in [9.17, 15) is 4.79 Å². The summed E-state index contributed by atoms with van der Waals surface area (Å²) in [6, 6.07) is 13.0. The lowest BCUT2D eigenvalue weighted by atomic mass is 10.0. The third kappa shape index (κ3) is 3.02. The highest BCUT2D eigenvalue weighted by Crippen LogP contribution is 2.40. The van der Waals surface area contributed by atoms with Crippen molar-refractivity contribution in [1.29, 1.82) is 0 Å². The second-order valence-corrected chi connectivity index (χ2v) is 8.54. The van der Waals surface area contributed by atoms with Crippen LogP contribution in [0.4, 0.5) is 4.79 Å².